The monoisotopic (exact) mass is 331 g/mol. The van der Waals surface area contributed by atoms with Gasteiger partial charge in [0.05, 0.1) is 0 Å². The molecule has 0 fully saturated rings. The second kappa shape index (κ2) is 11.4. The fourth-order valence-electron chi connectivity index (χ4n) is 0.899. The number of guanidine groups is 1. The molecule has 0 aromatic rings. The normalized spacial score (nSPS) is 11.3. The lowest BCUT2D eigenvalue weighted by atomic mass is 10.3. The summed E-state index contributed by atoms with van der Waals surface area (Å²) >= 11 is 1.88. The summed E-state index contributed by atoms with van der Waals surface area (Å²) in [5.41, 5.74) is 5.62. The van der Waals surface area contributed by atoms with Crippen molar-refractivity contribution in [1.29, 1.82) is 0 Å². The minimum atomic E-state index is 0. The summed E-state index contributed by atoms with van der Waals surface area (Å²) in [6.07, 6.45) is 4.47. The zero-order valence-corrected chi connectivity index (χ0v) is 12.4. The van der Waals surface area contributed by atoms with Gasteiger partial charge in [0.25, 0.3) is 0 Å². The van der Waals surface area contributed by atoms with Crippen LogP contribution in [0.3, 0.4) is 0 Å². The maximum atomic E-state index is 5.62. The fourth-order valence-corrected chi connectivity index (χ4v) is 1.39. The van der Waals surface area contributed by atoms with Crippen molar-refractivity contribution in [3.8, 4) is 0 Å². The van der Waals surface area contributed by atoms with Crippen molar-refractivity contribution in [2.45, 2.75) is 32.7 Å². The first kappa shape index (κ1) is 16.8. The molecule has 0 aliphatic rings. The van der Waals surface area contributed by atoms with Gasteiger partial charge in [-0.1, -0.05) is 0 Å². The third kappa shape index (κ3) is 12.3. The Kier molecular flexibility index (Phi) is 13.7. The average Bonchev–Trinajstić information content (AvgIpc) is 2.02. The van der Waals surface area contributed by atoms with Crippen LogP contribution in [0.1, 0.15) is 26.7 Å². The van der Waals surface area contributed by atoms with E-state index in [2.05, 4.69) is 30.4 Å². The topological polar surface area (TPSA) is 50.4 Å². The molecule has 86 valence electrons. The number of rotatable bonds is 6. The van der Waals surface area contributed by atoms with E-state index in [1.165, 1.54) is 12.2 Å². The molecular formula is C9H22IN3S. The zero-order valence-electron chi connectivity index (χ0n) is 9.25. The van der Waals surface area contributed by atoms with Crippen molar-refractivity contribution in [2.24, 2.45) is 10.7 Å². The van der Waals surface area contributed by atoms with Gasteiger partial charge in [0.1, 0.15) is 0 Å². The van der Waals surface area contributed by atoms with Crippen molar-refractivity contribution in [1.82, 2.24) is 5.32 Å². The predicted octanol–water partition coefficient (Wildman–Crippen LogP) is 2.06. The number of nitrogens with zero attached hydrogens (tertiary/aromatic N) is 1. The van der Waals surface area contributed by atoms with E-state index in [-0.39, 0.29) is 24.0 Å². The summed E-state index contributed by atoms with van der Waals surface area (Å²) in [7, 11) is 0. The van der Waals surface area contributed by atoms with Crippen LogP contribution in [0.4, 0.5) is 0 Å². The van der Waals surface area contributed by atoms with Crippen molar-refractivity contribution in [3.63, 3.8) is 0 Å². The van der Waals surface area contributed by atoms with Gasteiger partial charge in [-0.05, 0) is 38.7 Å². The lowest BCUT2D eigenvalue weighted by molar-refractivity contribution is 0.718. The van der Waals surface area contributed by atoms with Crippen LogP contribution >= 0.6 is 35.7 Å². The van der Waals surface area contributed by atoms with E-state index in [1.54, 1.807) is 0 Å². The predicted molar refractivity (Wildman–Crippen MR) is 77.8 cm³/mol. The van der Waals surface area contributed by atoms with Gasteiger partial charge in [-0.15, -0.1) is 24.0 Å². The number of unbranched alkanes of at least 4 members (excludes halogenated alkanes) is 1. The summed E-state index contributed by atoms with van der Waals surface area (Å²) in [6, 6.07) is 0.370. The number of nitrogens with one attached hydrogen (secondary N) is 1. The number of aliphatic imine (C=N–C) groups is 1. The number of nitrogens with two attached hydrogens (primary N) is 1. The van der Waals surface area contributed by atoms with Gasteiger partial charge in [-0.3, -0.25) is 4.99 Å². The first-order valence-corrected chi connectivity index (χ1v) is 6.11. The molecule has 0 aromatic carbocycles. The van der Waals surface area contributed by atoms with Crippen LogP contribution < -0.4 is 11.1 Å². The molecular weight excluding hydrogens is 309 g/mol. The first-order valence-electron chi connectivity index (χ1n) is 4.72. The standard InChI is InChI=1S/C9H21N3S.HI/c1-8(2)12-9(10)11-6-4-5-7-13-3;/h8H,4-7H2,1-3H3,(H3,10,11,12);1H. The van der Waals surface area contributed by atoms with Crippen molar-refractivity contribution in [3.05, 3.63) is 0 Å². The average molecular weight is 331 g/mol. The largest absolute Gasteiger partial charge is 0.370 e. The SMILES string of the molecule is CSCCCCN=C(N)NC(C)C.I. The number of halogens is 1. The van der Waals surface area contributed by atoms with Gasteiger partial charge in [0, 0.05) is 12.6 Å². The minimum absolute atomic E-state index is 0. The van der Waals surface area contributed by atoms with Crippen molar-refractivity contribution >= 4 is 41.7 Å². The van der Waals surface area contributed by atoms with E-state index in [4.69, 9.17) is 5.73 Å². The summed E-state index contributed by atoms with van der Waals surface area (Å²) in [5, 5.41) is 3.06. The Labute approximate surface area is 109 Å². The molecule has 3 N–H and O–H groups in total. The Morgan fingerprint density at radius 2 is 2.07 bits per heavy atom. The summed E-state index contributed by atoms with van der Waals surface area (Å²) in [6.45, 7) is 4.94. The van der Waals surface area contributed by atoms with E-state index in [1.807, 2.05) is 11.8 Å². The van der Waals surface area contributed by atoms with Crippen molar-refractivity contribution in [2.75, 3.05) is 18.6 Å². The lowest BCUT2D eigenvalue weighted by Gasteiger charge is -2.07. The molecule has 14 heavy (non-hydrogen) atoms. The maximum absolute atomic E-state index is 5.62. The summed E-state index contributed by atoms with van der Waals surface area (Å²) < 4.78 is 0. The van der Waals surface area contributed by atoms with E-state index in [0.717, 1.165) is 13.0 Å². The Morgan fingerprint density at radius 3 is 2.57 bits per heavy atom. The van der Waals surface area contributed by atoms with Crippen LogP contribution in [0.15, 0.2) is 4.99 Å². The summed E-state index contributed by atoms with van der Waals surface area (Å²) in [5.74, 6) is 1.78. The molecule has 0 rings (SSSR count). The summed E-state index contributed by atoms with van der Waals surface area (Å²) in [4.78, 5) is 4.21. The van der Waals surface area contributed by atoms with Crippen molar-refractivity contribution < 1.29 is 0 Å². The quantitative estimate of drug-likeness (QED) is 0.339. The first-order chi connectivity index (χ1) is 6.16. The third-order valence-electron chi connectivity index (χ3n) is 1.48. The minimum Gasteiger partial charge on any atom is -0.370 e. The van der Waals surface area contributed by atoms with Crippen LogP contribution in [0.2, 0.25) is 0 Å². The highest BCUT2D eigenvalue weighted by atomic mass is 127. The molecule has 3 nitrogen and oxygen atoms in total. The lowest BCUT2D eigenvalue weighted by Crippen LogP contribution is -2.36. The molecule has 0 heterocycles. The zero-order chi connectivity index (χ0) is 10.1. The Morgan fingerprint density at radius 1 is 1.43 bits per heavy atom. The molecule has 0 unspecified atom stereocenters. The number of thioether (sulfide) groups is 1. The van der Waals surface area contributed by atoms with Crippen LogP contribution in [-0.4, -0.2) is 30.6 Å². The molecule has 0 radical (unpaired) electrons. The molecule has 0 bridgehead atoms. The molecule has 0 atom stereocenters. The third-order valence-corrected chi connectivity index (χ3v) is 2.17. The molecule has 0 saturated heterocycles. The molecule has 0 aliphatic heterocycles. The van der Waals surface area contributed by atoms with Gasteiger partial charge in [-0.2, -0.15) is 11.8 Å². The van der Waals surface area contributed by atoms with Gasteiger partial charge in [-0.25, -0.2) is 0 Å². The smallest absolute Gasteiger partial charge is 0.188 e. The molecule has 0 spiro atoms. The van der Waals surface area contributed by atoms with Crippen LogP contribution in [0, 0.1) is 0 Å². The highest BCUT2D eigenvalue weighted by Gasteiger charge is 1.93. The van der Waals surface area contributed by atoms with E-state index >= 15 is 0 Å². The molecule has 0 amide bonds. The highest BCUT2D eigenvalue weighted by molar-refractivity contribution is 14.0. The number of hydrogen-bond acceptors (Lipinski definition) is 2. The van der Waals surface area contributed by atoms with Crippen LogP contribution in [-0.2, 0) is 0 Å². The van der Waals surface area contributed by atoms with E-state index in [0.29, 0.717) is 12.0 Å². The number of hydrogen-bond donors (Lipinski definition) is 2. The second-order valence-electron chi connectivity index (χ2n) is 3.27. The van der Waals surface area contributed by atoms with E-state index < -0.39 is 0 Å². The fraction of sp³-hybridized carbons (Fsp3) is 0.889. The van der Waals surface area contributed by atoms with E-state index in [9.17, 15) is 0 Å². The molecule has 5 heteroatoms. The van der Waals surface area contributed by atoms with Gasteiger partial charge < -0.3 is 11.1 Å². The van der Waals surface area contributed by atoms with Gasteiger partial charge >= 0.3 is 0 Å². The molecule has 0 aromatic heterocycles. The Bertz CT molecular complexity index is 151. The maximum Gasteiger partial charge on any atom is 0.188 e. The molecule has 0 saturated carbocycles. The van der Waals surface area contributed by atoms with Gasteiger partial charge in [0.2, 0.25) is 0 Å². The second-order valence-corrected chi connectivity index (χ2v) is 4.25. The van der Waals surface area contributed by atoms with Crippen LogP contribution in [0.5, 0.6) is 0 Å². The van der Waals surface area contributed by atoms with Crippen LogP contribution in [0.25, 0.3) is 0 Å². The Balaban J connectivity index is 0. The highest BCUT2D eigenvalue weighted by Crippen LogP contribution is 1.98. The molecule has 0 aliphatic carbocycles. The van der Waals surface area contributed by atoms with Gasteiger partial charge in [0.15, 0.2) is 5.96 Å². The Hall–Kier alpha value is 0.350.